The van der Waals surface area contributed by atoms with Crippen molar-refractivity contribution in [1.82, 2.24) is 5.32 Å². The standard InChI is InChI=1S/C18H22N2O3S/c1-14-7-3-4-8-15(14)24-12-17(22)23-11-16(21)20-18(13-19)9-5-2-6-10-18/h3-4,7-8H,2,5-6,9-12H2,1H3,(H,20,21). The SMILES string of the molecule is Cc1ccccc1SCC(=O)OCC(=O)NC1(C#N)CCCCC1. The molecule has 5 nitrogen and oxygen atoms in total. The van der Waals surface area contributed by atoms with Crippen LogP contribution in [0.3, 0.4) is 0 Å². The molecule has 0 radical (unpaired) electrons. The first-order valence-electron chi connectivity index (χ1n) is 8.11. The maximum atomic E-state index is 12.0. The van der Waals surface area contributed by atoms with Crippen LogP contribution < -0.4 is 5.32 Å². The Bertz CT molecular complexity index is 633. The van der Waals surface area contributed by atoms with E-state index < -0.39 is 17.4 Å². The van der Waals surface area contributed by atoms with E-state index in [1.807, 2.05) is 31.2 Å². The van der Waals surface area contributed by atoms with E-state index in [0.717, 1.165) is 29.7 Å². The lowest BCUT2D eigenvalue weighted by molar-refractivity contribution is -0.146. The van der Waals surface area contributed by atoms with Crippen LogP contribution in [-0.4, -0.2) is 29.8 Å². The number of carbonyl (C=O) groups excluding carboxylic acids is 2. The second-order valence-electron chi connectivity index (χ2n) is 6.02. The molecular formula is C18H22N2O3S. The molecule has 1 N–H and O–H groups in total. The van der Waals surface area contributed by atoms with Crippen molar-refractivity contribution in [3.8, 4) is 6.07 Å². The van der Waals surface area contributed by atoms with E-state index in [9.17, 15) is 14.9 Å². The Balaban J connectivity index is 1.74. The highest BCUT2D eigenvalue weighted by atomic mass is 32.2. The zero-order valence-electron chi connectivity index (χ0n) is 13.8. The number of carbonyl (C=O) groups is 2. The van der Waals surface area contributed by atoms with E-state index in [-0.39, 0.29) is 12.4 Å². The summed E-state index contributed by atoms with van der Waals surface area (Å²) in [6, 6.07) is 9.99. The van der Waals surface area contributed by atoms with Crippen LogP contribution in [0, 0.1) is 18.3 Å². The highest BCUT2D eigenvalue weighted by Crippen LogP contribution is 2.27. The van der Waals surface area contributed by atoms with E-state index >= 15 is 0 Å². The van der Waals surface area contributed by atoms with Gasteiger partial charge in [0.15, 0.2) is 6.61 Å². The molecule has 0 aliphatic heterocycles. The minimum atomic E-state index is -0.794. The van der Waals surface area contributed by atoms with Crippen LogP contribution in [0.15, 0.2) is 29.2 Å². The average molecular weight is 346 g/mol. The van der Waals surface area contributed by atoms with Gasteiger partial charge in [-0.1, -0.05) is 37.5 Å². The second kappa shape index (κ2) is 8.74. The molecule has 2 rings (SSSR count). The summed E-state index contributed by atoms with van der Waals surface area (Å²) in [5.74, 6) is -0.692. The number of hydrogen-bond donors (Lipinski definition) is 1. The molecular weight excluding hydrogens is 324 g/mol. The summed E-state index contributed by atoms with van der Waals surface area (Å²) < 4.78 is 5.02. The molecule has 1 aliphatic carbocycles. The van der Waals surface area contributed by atoms with Crippen LogP contribution in [0.25, 0.3) is 0 Å². The number of nitrogens with zero attached hydrogens (tertiary/aromatic N) is 1. The van der Waals surface area contributed by atoms with Crippen molar-refractivity contribution < 1.29 is 14.3 Å². The van der Waals surface area contributed by atoms with Crippen LogP contribution in [0.1, 0.15) is 37.7 Å². The molecule has 6 heteroatoms. The number of benzene rings is 1. The summed E-state index contributed by atoms with van der Waals surface area (Å²) in [6.07, 6.45) is 4.27. The van der Waals surface area contributed by atoms with Gasteiger partial charge >= 0.3 is 5.97 Å². The van der Waals surface area contributed by atoms with Gasteiger partial charge in [-0.2, -0.15) is 5.26 Å². The number of amides is 1. The number of aryl methyl sites for hydroxylation is 1. The number of nitrogens with one attached hydrogen (secondary N) is 1. The van der Waals surface area contributed by atoms with Gasteiger partial charge in [-0.25, -0.2) is 0 Å². The zero-order valence-corrected chi connectivity index (χ0v) is 14.7. The quantitative estimate of drug-likeness (QED) is 0.633. The second-order valence-corrected chi connectivity index (χ2v) is 7.03. The lowest BCUT2D eigenvalue weighted by atomic mass is 9.83. The first kappa shape index (κ1) is 18.3. The van der Waals surface area contributed by atoms with Crippen LogP contribution in [0.2, 0.25) is 0 Å². The Morgan fingerprint density at radius 2 is 2.00 bits per heavy atom. The summed E-state index contributed by atoms with van der Waals surface area (Å²) in [5.41, 5.74) is 0.304. The molecule has 24 heavy (non-hydrogen) atoms. The van der Waals surface area contributed by atoms with Crippen LogP contribution in [0.5, 0.6) is 0 Å². The number of ether oxygens (including phenoxy) is 1. The van der Waals surface area contributed by atoms with Gasteiger partial charge in [-0.05, 0) is 31.4 Å². The molecule has 0 bridgehead atoms. The van der Waals surface area contributed by atoms with E-state index in [1.54, 1.807) is 0 Å². The fourth-order valence-electron chi connectivity index (χ4n) is 2.77. The summed E-state index contributed by atoms with van der Waals surface area (Å²) in [4.78, 5) is 24.8. The largest absolute Gasteiger partial charge is 0.455 e. The highest BCUT2D eigenvalue weighted by molar-refractivity contribution is 8.00. The summed E-state index contributed by atoms with van der Waals surface area (Å²) >= 11 is 1.39. The Labute approximate surface area is 146 Å². The Hall–Kier alpha value is -2.00. The van der Waals surface area contributed by atoms with Crippen LogP contribution in [-0.2, 0) is 14.3 Å². The van der Waals surface area contributed by atoms with E-state index in [0.29, 0.717) is 12.8 Å². The first-order valence-corrected chi connectivity index (χ1v) is 9.09. The van der Waals surface area contributed by atoms with Crippen molar-refractivity contribution in [3.63, 3.8) is 0 Å². The predicted octanol–water partition coefficient (Wildman–Crippen LogP) is 2.97. The molecule has 128 valence electrons. The van der Waals surface area contributed by atoms with Crippen molar-refractivity contribution in [2.45, 2.75) is 49.5 Å². The predicted molar refractivity (Wildman–Crippen MR) is 92.4 cm³/mol. The van der Waals surface area contributed by atoms with Gasteiger partial charge in [-0.3, -0.25) is 9.59 Å². The monoisotopic (exact) mass is 346 g/mol. The molecule has 0 unspecified atom stereocenters. The first-order chi connectivity index (χ1) is 11.5. The minimum Gasteiger partial charge on any atom is -0.455 e. The maximum Gasteiger partial charge on any atom is 0.316 e. The van der Waals surface area contributed by atoms with Gasteiger partial charge in [-0.15, -0.1) is 11.8 Å². The van der Waals surface area contributed by atoms with Crippen LogP contribution >= 0.6 is 11.8 Å². The molecule has 1 aromatic carbocycles. The van der Waals surface area contributed by atoms with Gasteiger partial charge in [0.2, 0.25) is 0 Å². The number of hydrogen-bond acceptors (Lipinski definition) is 5. The Morgan fingerprint density at radius 3 is 2.67 bits per heavy atom. The van der Waals surface area contributed by atoms with E-state index in [1.165, 1.54) is 11.8 Å². The molecule has 0 spiro atoms. The normalized spacial score (nSPS) is 16.0. The molecule has 0 atom stereocenters. The van der Waals surface area contributed by atoms with Crippen LogP contribution in [0.4, 0.5) is 0 Å². The zero-order chi connectivity index (χ0) is 17.4. The number of esters is 1. The topological polar surface area (TPSA) is 79.2 Å². The lowest BCUT2D eigenvalue weighted by Gasteiger charge is -2.31. The van der Waals surface area contributed by atoms with Crippen molar-refractivity contribution >= 4 is 23.6 Å². The smallest absolute Gasteiger partial charge is 0.316 e. The van der Waals surface area contributed by atoms with E-state index in [4.69, 9.17) is 4.74 Å². The maximum absolute atomic E-state index is 12.0. The van der Waals surface area contributed by atoms with Gasteiger partial charge in [0.1, 0.15) is 5.54 Å². The Kier molecular flexibility index (Phi) is 6.68. The molecule has 1 amide bonds. The van der Waals surface area contributed by atoms with Gasteiger partial charge in [0.25, 0.3) is 5.91 Å². The van der Waals surface area contributed by atoms with Gasteiger partial charge in [0, 0.05) is 4.90 Å². The molecule has 0 aromatic heterocycles. The summed E-state index contributed by atoms with van der Waals surface area (Å²) in [5, 5.41) is 12.1. The van der Waals surface area contributed by atoms with Crippen molar-refractivity contribution in [3.05, 3.63) is 29.8 Å². The third kappa shape index (κ3) is 5.27. The number of rotatable bonds is 6. The lowest BCUT2D eigenvalue weighted by Crippen LogP contribution is -2.50. The molecule has 1 fully saturated rings. The minimum absolute atomic E-state index is 0.154. The third-order valence-electron chi connectivity index (χ3n) is 4.10. The Morgan fingerprint density at radius 1 is 1.29 bits per heavy atom. The fraction of sp³-hybridized carbons (Fsp3) is 0.500. The molecule has 0 heterocycles. The average Bonchev–Trinajstić information content (AvgIpc) is 2.60. The number of thioether (sulfide) groups is 1. The summed E-state index contributed by atoms with van der Waals surface area (Å²) in [6.45, 7) is 1.64. The molecule has 1 aromatic rings. The molecule has 0 saturated heterocycles. The van der Waals surface area contributed by atoms with Crippen molar-refractivity contribution in [2.75, 3.05) is 12.4 Å². The highest BCUT2D eigenvalue weighted by Gasteiger charge is 2.33. The summed E-state index contributed by atoms with van der Waals surface area (Å²) in [7, 11) is 0. The number of nitriles is 1. The molecule has 1 saturated carbocycles. The van der Waals surface area contributed by atoms with Gasteiger partial charge in [0.05, 0.1) is 11.8 Å². The molecule has 1 aliphatic rings. The third-order valence-corrected chi connectivity index (χ3v) is 5.25. The van der Waals surface area contributed by atoms with Gasteiger partial charge < -0.3 is 10.1 Å². The van der Waals surface area contributed by atoms with E-state index in [2.05, 4.69) is 11.4 Å². The van der Waals surface area contributed by atoms with Crippen molar-refractivity contribution in [2.24, 2.45) is 0 Å². The fourth-order valence-corrected chi connectivity index (χ4v) is 3.59. The van der Waals surface area contributed by atoms with Crippen molar-refractivity contribution in [1.29, 1.82) is 5.26 Å².